The van der Waals surface area contributed by atoms with E-state index in [0.29, 0.717) is 17.7 Å². The van der Waals surface area contributed by atoms with Crippen LogP contribution in [-0.2, 0) is 26.7 Å². The molecule has 6 nitrogen and oxygen atoms in total. The molecule has 0 aliphatic heterocycles. The summed E-state index contributed by atoms with van der Waals surface area (Å²) >= 11 is 0. The minimum absolute atomic E-state index is 0.00153. The second-order valence-electron chi connectivity index (χ2n) is 15.0. The Morgan fingerprint density at radius 3 is 1.77 bits per heavy atom. The van der Waals surface area contributed by atoms with Gasteiger partial charge in [0.1, 0.15) is 0 Å². The zero-order valence-corrected chi connectivity index (χ0v) is 32.0. The molecule has 0 bridgehead atoms. The van der Waals surface area contributed by atoms with E-state index in [-0.39, 0.29) is 29.9 Å². The van der Waals surface area contributed by atoms with Crippen molar-refractivity contribution in [3.63, 3.8) is 0 Å². The zero-order valence-electron chi connectivity index (χ0n) is 31.2. The standard InChI is InChI=1S/C45H49NO5S/c1-29-26-30(2)43(31(3)27-29)38-19-23-40(24-20-38)46-44(48)41(28-33-9-11-37(12-10-33)42(47)25-8-32(4)52(49,50)51)36-15-13-34(14-16-36)35-17-21-39(22-18-35)45(5,6)7/h9-24,26-27,32,41H,8,25,28H2,1-7H3,(H,46,48)(H,49,50,51). The Hall–Kier alpha value is -4.85. The van der Waals surface area contributed by atoms with Gasteiger partial charge in [-0.2, -0.15) is 8.42 Å². The highest BCUT2D eigenvalue weighted by molar-refractivity contribution is 7.86. The van der Waals surface area contributed by atoms with E-state index in [2.05, 4.69) is 95.4 Å². The van der Waals surface area contributed by atoms with Gasteiger partial charge in [0.2, 0.25) is 5.91 Å². The summed E-state index contributed by atoms with van der Waals surface area (Å²) in [7, 11) is -4.19. The van der Waals surface area contributed by atoms with Crippen molar-refractivity contribution in [1.29, 1.82) is 0 Å². The van der Waals surface area contributed by atoms with Crippen LogP contribution in [0.4, 0.5) is 5.69 Å². The number of benzene rings is 5. The van der Waals surface area contributed by atoms with Gasteiger partial charge in [0.25, 0.3) is 10.1 Å². The highest BCUT2D eigenvalue weighted by Crippen LogP contribution is 2.32. The number of carbonyl (C=O) groups excluding carboxylic acids is 2. The van der Waals surface area contributed by atoms with E-state index in [0.717, 1.165) is 27.8 Å². The van der Waals surface area contributed by atoms with Gasteiger partial charge in [-0.1, -0.05) is 123 Å². The lowest BCUT2D eigenvalue weighted by molar-refractivity contribution is -0.117. The van der Waals surface area contributed by atoms with Gasteiger partial charge in [0.05, 0.1) is 11.2 Å². The van der Waals surface area contributed by atoms with Crippen molar-refractivity contribution in [2.24, 2.45) is 0 Å². The van der Waals surface area contributed by atoms with Crippen LogP contribution in [0.25, 0.3) is 22.3 Å². The number of hydrogen-bond donors (Lipinski definition) is 2. The number of Topliss-reactive ketones (excluding diaryl/α,β-unsaturated/α-hetero) is 1. The molecule has 0 aromatic heterocycles. The fourth-order valence-electron chi connectivity index (χ4n) is 6.71. The molecule has 270 valence electrons. The molecule has 0 heterocycles. The van der Waals surface area contributed by atoms with E-state index < -0.39 is 21.3 Å². The lowest BCUT2D eigenvalue weighted by atomic mass is 9.86. The van der Waals surface area contributed by atoms with Gasteiger partial charge >= 0.3 is 0 Å². The van der Waals surface area contributed by atoms with Crippen molar-refractivity contribution in [1.82, 2.24) is 0 Å². The molecule has 2 N–H and O–H groups in total. The topological polar surface area (TPSA) is 101 Å². The molecule has 7 heteroatoms. The normalized spacial score (nSPS) is 13.0. The van der Waals surface area contributed by atoms with Crippen LogP contribution in [0.15, 0.2) is 109 Å². The SMILES string of the molecule is Cc1cc(C)c(-c2ccc(NC(=O)C(Cc3ccc(C(=O)CCC(C)S(=O)(=O)O)cc3)c3ccc(-c4ccc(C(C)(C)C)cc4)cc3)cc2)c(C)c1. The van der Waals surface area contributed by atoms with Crippen molar-refractivity contribution in [3.05, 3.63) is 148 Å². The number of ketones is 1. The maximum absolute atomic E-state index is 14.1. The highest BCUT2D eigenvalue weighted by atomic mass is 32.2. The molecular formula is C45H49NO5S. The molecule has 0 saturated carbocycles. The van der Waals surface area contributed by atoms with Crippen molar-refractivity contribution in [3.8, 4) is 22.3 Å². The number of rotatable bonds is 12. The summed E-state index contributed by atoms with van der Waals surface area (Å²) in [5.41, 5.74) is 12.3. The first kappa shape index (κ1) is 38.4. The van der Waals surface area contributed by atoms with Crippen LogP contribution in [0.3, 0.4) is 0 Å². The number of carbonyl (C=O) groups is 2. The van der Waals surface area contributed by atoms with Crippen LogP contribution in [0.2, 0.25) is 0 Å². The Bertz CT molecular complexity index is 2120. The fraction of sp³-hybridized carbons (Fsp3) is 0.289. The quantitative estimate of drug-likeness (QED) is 0.0989. The van der Waals surface area contributed by atoms with Crippen molar-refractivity contribution in [2.75, 3.05) is 5.32 Å². The average molecular weight is 716 g/mol. The lowest BCUT2D eigenvalue weighted by Gasteiger charge is -2.20. The highest BCUT2D eigenvalue weighted by Gasteiger charge is 2.23. The summed E-state index contributed by atoms with van der Waals surface area (Å²) in [6.07, 6.45) is 0.432. The zero-order chi connectivity index (χ0) is 37.8. The second kappa shape index (κ2) is 15.8. The molecule has 0 radical (unpaired) electrons. The number of hydrogen-bond acceptors (Lipinski definition) is 4. The van der Waals surface area contributed by atoms with Gasteiger partial charge in [-0.25, -0.2) is 0 Å². The van der Waals surface area contributed by atoms with Gasteiger partial charge in [0, 0.05) is 17.7 Å². The van der Waals surface area contributed by atoms with Crippen LogP contribution in [0, 0.1) is 20.8 Å². The second-order valence-corrected chi connectivity index (χ2v) is 16.9. The maximum atomic E-state index is 14.1. The minimum atomic E-state index is -4.19. The summed E-state index contributed by atoms with van der Waals surface area (Å²) in [5, 5.41) is 2.13. The van der Waals surface area contributed by atoms with Crippen LogP contribution >= 0.6 is 0 Å². The smallest absolute Gasteiger partial charge is 0.267 e. The van der Waals surface area contributed by atoms with E-state index in [9.17, 15) is 22.6 Å². The number of nitrogens with one attached hydrogen (secondary N) is 1. The third-order valence-corrected chi connectivity index (χ3v) is 11.1. The third-order valence-electron chi connectivity index (χ3n) is 9.83. The van der Waals surface area contributed by atoms with Gasteiger partial charge in [-0.15, -0.1) is 0 Å². The first-order valence-corrected chi connectivity index (χ1v) is 19.3. The van der Waals surface area contributed by atoms with E-state index in [1.165, 1.54) is 34.7 Å². The predicted octanol–water partition coefficient (Wildman–Crippen LogP) is 10.4. The first-order valence-electron chi connectivity index (χ1n) is 17.8. The minimum Gasteiger partial charge on any atom is -0.326 e. The molecule has 0 aliphatic rings. The summed E-state index contributed by atoms with van der Waals surface area (Å²) in [6, 6.07) is 36.2. The summed E-state index contributed by atoms with van der Waals surface area (Å²) in [5.74, 6) is -0.866. The maximum Gasteiger partial charge on any atom is 0.267 e. The molecule has 0 fully saturated rings. The van der Waals surface area contributed by atoms with Crippen molar-refractivity contribution < 1.29 is 22.6 Å². The summed E-state index contributed by atoms with van der Waals surface area (Å²) < 4.78 is 32.0. The molecule has 5 aromatic rings. The molecule has 2 unspecified atom stereocenters. The van der Waals surface area contributed by atoms with E-state index >= 15 is 0 Å². The molecule has 5 aromatic carbocycles. The molecule has 5 rings (SSSR count). The Morgan fingerprint density at radius 2 is 1.25 bits per heavy atom. The number of aryl methyl sites for hydroxylation is 3. The first-order chi connectivity index (χ1) is 24.5. The molecule has 1 amide bonds. The summed E-state index contributed by atoms with van der Waals surface area (Å²) in [4.78, 5) is 26.9. The van der Waals surface area contributed by atoms with Crippen molar-refractivity contribution >= 4 is 27.5 Å². The Labute approximate surface area is 309 Å². The lowest BCUT2D eigenvalue weighted by Crippen LogP contribution is -2.23. The molecule has 0 spiro atoms. The van der Waals surface area contributed by atoms with Gasteiger partial charge < -0.3 is 5.32 Å². The Kier molecular flexibility index (Phi) is 11.7. The van der Waals surface area contributed by atoms with Crippen molar-refractivity contribution in [2.45, 2.75) is 84.3 Å². The third kappa shape index (κ3) is 9.52. The van der Waals surface area contributed by atoms with Gasteiger partial charge in [-0.3, -0.25) is 14.1 Å². The molecule has 2 atom stereocenters. The predicted molar refractivity (Wildman–Crippen MR) is 213 cm³/mol. The number of amides is 1. The van der Waals surface area contributed by atoms with E-state index in [4.69, 9.17) is 0 Å². The van der Waals surface area contributed by atoms with Gasteiger partial charge in [-0.05, 0) is 108 Å². The van der Waals surface area contributed by atoms with Crippen LogP contribution in [-0.4, -0.2) is 29.9 Å². The average Bonchev–Trinajstić information content (AvgIpc) is 3.09. The van der Waals surface area contributed by atoms with Crippen LogP contribution in [0.5, 0.6) is 0 Å². The van der Waals surface area contributed by atoms with Gasteiger partial charge in [0.15, 0.2) is 5.78 Å². The number of anilines is 1. The Morgan fingerprint density at radius 1 is 0.731 bits per heavy atom. The summed E-state index contributed by atoms with van der Waals surface area (Å²) in [6.45, 7) is 14.3. The molecule has 0 saturated heterocycles. The van der Waals surface area contributed by atoms with Crippen LogP contribution in [0.1, 0.15) is 90.2 Å². The van der Waals surface area contributed by atoms with Crippen LogP contribution < -0.4 is 5.32 Å². The van der Waals surface area contributed by atoms with E-state index in [1.54, 1.807) is 12.1 Å². The van der Waals surface area contributed by atoms with E-state index in [1.807, 2.05) is 48.5 Å². The Balaban J connectivity index is 1.38. The molecular weight excluding hydrogens is 667 g/mol. The largest absolute Gasteiger partial charge is 0.326 e. The molecule has 52 heavy (non-hydrogen) atoms. The fourth-order valence-corrected chi connectivity index (χ4v) is 7.12. The monoisotopic (exact) mass is 715 g/mol. The molecule has 0 aliphatic carbocycles.